The van der Waals surface area contributed by atoms with Gasteiger partial charge in [0.15, 0.2) is 0 Å². The maximum atomic E-state index is 13.5. The average molecular weight is 340 g/mol. The van der Waals surface area contributed by atoms with Crippen LogP contribution in [0.5, 0.6) is 0 Å². The van der Waals surface area contributed by atoms with E-state index >= 15 is 0 Å². The third-order valence-corrected chi connectivity index (χ3v) is 4.04. The summed E-state index contributed by atoms with van der Waals surface area (Å²) in [6.45, 7) is 1.84. The topological polar surface area (TPSA) is 68.3 Å². The highest BCUT2D eigenvalue weighted by atomic mass is 19.3. The largest absolute Gasteiger partial charge is 0.464 e. The maximum absolute atomic E-state index is 13.5. The quantitative estimate of drug-likeness (QED) is 0.808. The number of carbonyl (C=O) groups excluding carboxylic acids is 2. The molecule has 0 bridgehead atoms. The number of alkyl halides is 2. The lowest BCUT2D eigenvalue weighted by Gasteiger charge is -2.29. The number of nitrogens with one attached hydrogen (secondary N) is 1. The van der Waals surface area contributed by atoms with Gasteiger partial charge in [0, 0.05) is 37.1 Å². The van der Waals surface area contributed by atoms with Crippen molar-refractivity contribution in [3.05, 3.63) is 30.1 Å². The van der Waals surface area contributed by atoms with Gasteiger partial charge in [0.2, 0.25) is 11.8 Å². The lowest BCUT2D eigenvalue weighted by molar-refractivity contribution is -0.148. The number of carbonyl (C=O) groups is 2. The van der Waals surface area contributed by atoms with E-state index in [1.807, 2.05) is 0 Å². The maximum Gasteiger partial charge on any atom is 0.329 e. The van der Waals surface area contributed by atoms with Gasteiger partial charge in [0.1, 0.15) is 6.04 Å². The van der Waals surface area contributed by atoms with Crippen molar-refractivity contribution in [1.29, 1.82) is 0 Å². The fourth-order valence-electron chi connectivity index (χ4n) is 2.85. The summed E-state index contributed by atoms with van der Waals surface area (Å²) < 4.78 is 32.0. The lowest BCUT2D eigenvalue weighted by Crippen LogP contribution is -2.47. The number of rotatable bonds is 6. The van der Waals surface area contributed by atoms with E-state index in [-0.39, 0.29) is 19.4 Å². The minimum Gasteiger partial charge on any atom is -0.464 e. The first-order valence-corrected chi connectivity index (χ1v) is 8.16. The zero-order valence-electron chi connectivity index (χ0n) is 13.6. The van der Waals surface area contributed by atoms with Crippen LogP contribution in [0.3, 0.4) is 0 Å². The van der Waals surface area contributed by atoms with Gasteiger partial charge in [-0.15, -0.1) is 0 Å². The number of nitrogens with zero attached hydrogens (tertiary/aromatic N) is 1. The Morgan fingerprint density at radius 3 is 2.88 bits per heavy atom. The normalized spacial score (nSPS) is 20.9. The monoisotopic (exact) mass is 340 g/mol. The molecule has 1 aliphatic rings. The van der Waals surface area contributed by atoms with Crippen molar-refractivity contribution in [2.75, 3.05) is 6.61 Å². The molecule has 0 unspecified atom stereocenters. The van der Waals surface area contributed by atoms with E-state index in [0.717, 1.165) is 0 Å². The highest BCUT2D eigenvalue weighted by Crippen LogP contribution is 2.36. The highest BCUT2D eigenvalue weighted by molar-refractivity contribution is 5.86. The second-order valence-electron chi connectivity index (χ2n) is 5.99. The second-order valence-corrected chi connectivity index (χ2v) is 5.99. The molecule has 1 fully saturated rings. The molecule has 1 aromatic heterocycles. The molecule has 1 aliphatic carbocycles. The Hall–Kier alpha value is -2.05. The van der Waals surface area contributed by atoms with E-state index in [0.29, 0.717) is 18.5 Å². The van der Waals surface area contributed by atoms with Gasteiger partial charge >= 0.3 is 5.97 Å². The van der Waals surface area contributed by atoms with Gasteiger partial charge < -0.3 is 10.1 Å². The number of amides is 1. The zero-order chi connectivity index (χ0) is 17.6. The summed E-state index contributed by atoms with van der Waals surface area (Å²) in [6.07, 6.45) is 1.79. The third kappa shape index (κ3) is 5.25. The fraction of sp³-hybridized carbons (Fsp3) is 0.588. The fourth-order valence-corrected chi connectivity index (χ4v) is 2.85. The number of pyridine rings is 1. The Balaban J connectivity index is 2.04. The number of esters is 1. The molecular weight excluding hydrogens is 318 g/mol. The van der Waals surface area contributed by atoms with Gasteiger partial charge in [-0.1, -0.05) is 6.07 Å². The van der Waals surface area contributed by atoms with Crippen LogP contribution in [0, 0.1) is 5.92 Å². The summed E-state index contributed by atoms with van der Waals surface area (Å²) in [7, 11) is 0. The van der Waals surface area contributed by atoms with E-state index < -0.39 is 36.2 Å². The van der Waals surface area contributed by atoms with Crippen molar-refractivity contribution in [3.8, 4) is 0 Å². The van der Waals surface area contributed by atoms with Crippen LogP contribution in [0.15, 0.2) is 24.4 Å². The first kappa shape index (κ1) is 18.3. The molecular formula is C17H22F2N2O3. The van der Waals surface area contributed by atoms with Crippen LogP contribution in [0.2, 0.25) is 0 Å². The first-order valence-electron chi connectivity index (χ1n) is 8.16. The summed E-state index contributed by atoms with van der Waals surface area (Å²) in [5.74, 6) is -4.71. The van der Waals surface area contributed by atoms with Gasteiger partial charge in [-0.2, -0.15) is 0 Å². The molecule has 2 atom stereocenters. The third-order valence-electron chi connectivity index (χ3n) is 4.04. The summed E-state index contributed by atoms with van der Waals surface area (Å²) >= 11 is 0. The van der Waals surface area contributed by atoms with Crippen LogP contribution in [-0.2, 0) is 20.7 Å². The van der Waals surface area contributed by atoms with Crippen molar-refractivity contribution in [3.63, 3.8) is 0 Å². The van der Waals surface area contributed by atoms with Crippen molar-refractivity contribution >= 4 is 11.9 Å². The van der Waals surface area contributed by atoms with E-state index in [1.54, 1.807) is 31.3 Å². The number of aromatic nitrogens is 1. The molecule has 0 radical (unpaired) electrons. The Bertz CT molecular complexity index is 566. The molecule has 24 heavy (non-hydrogen) atoms. The Morgan fingerprint density at radius 2 is 2.25 bits per heavy atom. The molecule has 132 valence electrons. The second kappa shape index (κ2) is 8.17. The van der Waals surface area contributed by atoms with Crippen LogP contribution >= 0.6 is 0 Å². The average Bonchev–Trinajstić information content (AvgIpc) is 2.54. The van der Waals surface area contributed by atoms with Gasteiger partial charge in [-0.25, -0.2) is 13.6 Å². The number of ether oxygens (including phenoxy) is 1. The van der Waals surface area contributed by atoms with Crippen molar-refractivity contribution in [2.24, 2.45) is 5.92 Å². The molecule has 1 heterocycles. The highest BCUT2D eigenvalue weighted by Gasteiger charge is 2.40. The van der Waals surface area contributed by atoms with Gasteiger partial charge in [-0.05, 0) is 31.9 Å². The first-order chi connectivity index (χ1) is 11.4. The molecule has 1 amide bonds. The molecule has 7 heteroatoms. The standard InChI is InChI=1S/C17H22F2N2O3/c1-2-24-16(23)14(10-13-7-3-4-9-20-13)21-15(22)12-6-5-8-17(18,19)11-12/h3-4,7,9,12,14H,2,5-6,8,10-11H2,1H3,(H,21,22)/t12-,14-/m1/s1. The smallest absolute Gasteiger partial charge is 0.329 e. The zero-order valence-corrected chi connectivity index (χ0v) is 13.6. The predicted molar refractivity (Wildman–Crippen MR) is 83.4 cm³/mol. The van der Waals surface area contributed by atoms with E-state index in [4.69, 9.17) is 4.74 Å². The summed E-state index contributed by atoms with van der Waals surface area (Å²) in [5, 5.41) is 2.57. The SMILES string of the molecule is CCOC(=O)[C@@H](Cc1ccccn1)NC(=O)[C@@H]1CCCC(F)(F)C1. The van der Waals surface area contributed by atoms with E-state index in [2.05, 4.69) is 10.3 Å². The minimum absolute atomic E-state index is 0.161. The molecule has 0 aromatic carbocycles. The van der Waals surface area contributed by atoms with Gasteiger partial charge in [0.25, 0.3) is 0 Å². The number of hydrogen-bond acceptors (Lipinski definition) is 4. The number of halogens is 2. The molecule has 0 aliphatic heterocycles. The van der Waals surface area contributed by atoms with Crippen molar-refractivity contribution in [1.82, 2.24) is 10.3 Å². The summed E-state index contributed by atoms with van der Waals surface area (Å²) in [6, 6.07) is 4.31. The molecule has 1 saturated carbocycles. The predicted octanol–water partition coefficient (Wildman–Crippen LogP) is 2.50. The molecule has 0 spiro atoms. The van der Waals surface area contributed by atoms with Crippen LogP contribution in [0.1, 0.15) is 38.3 Å². The molecule has 0 saturated heterocycles. The van der Waals surface area contributed by atoms with Crippen LogP contribution in [0.25, 0.3) is 0 Å². The molecule has 1 aromatic rings. The van der Waals surface area contributed by atoms with Crippen LogP contribution in [0.4, 0.5) is 8.78 Å². The number of hydrogen-bond donors (Lipinski definition) is 1. The van der Waals surface area contributed by atoms with E-state index in [1.165, 1.54) is 0 Å². The Kier molecular flexibility index (Phi) is 6.23. The summed E-state index contributed by atoms with van der Waals surface area (Å²) in [5.41, 5.74) is 0.616. The molecule has 1 N–H and O–H groups in total. The summed E-state index contributed by atoms with van der Waals surface area (Å²) in [4.78, 5) is 28.5. The molecule has 2 rings (SSSR count). The Morgan fingerprint density at radius 1 is 1.46 bits per heavy atom. The van der Waals surface area contributed by atoms with Crippen LogP contribution < -0.4 is 5.32 Å². The van der Waals surface area contributed by atoms with Gasteiger partial charge in [-0.3, -0.25) is 9.78 Å². The van der Waals surface area contributed by atoms with Crippen molar-refractivity contribution in [2.45, 2.75) is 51.0 Å². The lowest BCUT2D eigenvalue weighted by atomic mass is 9.85. The Labute approximate surface area is 139 Å². The minimum atomic E-state index is -2.82. The van der Waals surface area contributed by atoms with E-state index in [9.17, 15) is 18.4 Å². The van der Waals surface area contributed by atoms with Gasteiger partial charge in [0.05, 0.1) is 6.61 Å². The van der Waals surface area contributed by atoms with Crippen molar-refractivity contribution < 1.29 is 23.1 Å². The van der Waals surface area contributed by atoms with Crippen LogP contribution in [-0.4, -0.2) is 35.4 Å². The molecule has 5 nitrogen and oxygen atoms in total.